The lowest BCUT2D eigenvalue weighted by atomic mass is 10.2. The molecule has 0 aliphatic heterocycles. The SMILES string of the molecule is CCC(C)N(CCNc1nn2c(C)c(C)ccc2c1N)C(C)C. The van der Waals surface area contributed by atoms with Crippen LogP contribution in [0.25, 0.3) is 5.52 Å². The number of fused-ring (bicyclic) bond motifs is 1. The lowest BCUT2D eigenvalue weighted by molar-refractivity contribution is 0.167. The molecule has 0 saturated heterocycles. The molecule has 0 radical (unpaired) electrons. The van der Waals surface area contributed by atoms with Crippen LogP contribution in [-0.2, 0) is 0 Å². The molecule has 1 atom stereocenters. The minimum Gasteiger partial charge on any atom is -0.394 e. The Morgan fingerprint density at radius 2 is 1.96 bits per heavy atom. The van der Waals surface area contributed by atoms with Gasteiger partial charge in [0.2, 0.25) is 0 Å². The predicted octanol–water partition coefficient (Wildman–Crippen LogP) is 3.45. The molecule has 1 unspecified atom stereocenters. The van der Waals surface area contributed by atoms with Crippen LogP contribution < -0.4 is 11.1 Å². The van der Waals surface area contributed by atoms with Crippen molar-refractivity contribution in [2.45, 2.75) is 60.0 Å². The molecule has 0 aliphatic rings. The topological polar surface area (TPSA) is 58.6 Å². The Kier molecular flexibility index (Phi) is 5.52. The van der Waals surface area contributed by atoms with Gasteiger partial charge in [-0.15, -0.1) is 5.10 Å². The fourth-order valence-corrected chi connectivity index (χ4v) is 3.01. The van der Waals surface area contributed by atoms with Crippen molar-refractivity contribution in [2.75, 3.05) is 24.1 Å². The van der Waals surface area contributed by atoms with E-state index in [0.29, 0.717) is 12.1 Å². The average molecular weight is 317 g/mol. The fourth-order valence-electron chi connectivity index (χ4n) is 3.01. The molecule has 128 valence electrons. The summed E-state index contributed by atoms with van der Waals surface area (Å²) in [5.74, 6) is 0.784. The highest BCUT2D eigenvalue weighted by Crippen LogP contribution is 2.25. The van der Waals surface area contributed by atoms with Gasteiger partial charge in [0.05, 0.1) is 5.52 Å². The molecule has 3 N–H and O–H groups in total. The molecule has 2 aromatic rings. The Hall–Kier alpha value is -1.75. The highest BCUT2D eigenvalue weighted by atomic mass is 15.3. The summed E-state index contributed by atoms with van der Waals surface area (Å²) in [5.41, 5.74) is 10.3. The standard InChI is InChI=1S/C18H31N5/c1-7-14(5)22(12(2)3)11-10-20-18-17(19)16-9-8-13(4)15(6)23(16)21-18/h8-9,12,14H,7,10-11,19H2,1-6H3,(H,20,21). The molecule has 0 bridgehead atoms. The third-order valence-corrected chi connectivity index (χ3v) is 4.82. The van der Waals surface area contributed by atoms with E-state index < -0.39 is 0 Å². The van der Waals surface area contributed by atoms with Gasteiger partial charge in [-0.3, -0.25) is 4.90 Å². The molecule has 0 aromatic carbocycles. The number of hydrogen-bond acceptors (Lipinski definition) is 4. The van der Waals surface area contributed by atoms with E-state index in [9.17, 15) is 0 Å². The summed E-state index contributed by atoms with van der Waals surface area (Å²) in [6.07, 6.45) is 1.16. The number of nitrogens with two attached hydrogens (primary N) is 1. The molecular formula is C18H31N5. The summed E-state index contributed by atoms with van der Waals surface area (Å²) in [6.45, 7) is 15.0. The number of rotatable bonds is 7. The Bertz CT molecular complexity index is 659. The lowest BCUT2D eigenvalue weighted by Gasteiger charge is -2.32. The number of nitrogens with one attached hydrogen (secondary N) is 1. The van der Waals surface area contributed by atoms with Crippen LogP contribution in [0.4, 0.5) is 11.5 Å². The number of anilines is 2. The molecule has 2 rings (SSSR count). The number of hydrogen-bond donors (Lipinski definition) is 2. The van der Waals surface area contributed by atoms with Crippen molar-refractivity contribution in [3.05, 3.63) is 23.4 Å². The number of aromatic nitrogens is 2. The van der Waals surface area contributed by atoms with Gasteiger partial charge in [-0.05, 0) is 52.7 Å². The first-order chi connectivity index (χ1) is 10.9. The van der Waals surface area contributed by atoms with Crippen LogP contribution in [0.2, 0.25) is 0 Å². The maximum atomic E-state index is 6.26. The maximum Gasteiger partial charge on any atom is 0.172 e. The van der Waals surface area contributed by atoms with Crippen molar-refractivity contribution in [1.29, 1.82) is 0 Å². The third kappa shape index (κ3) is 3.61. The molecule has 5 nitrogen and oxygen atoms in total. The lowest BCUT2D eigenvalue weighted by Crippen LogP contribution is -2.41. The van der Waals surface area contributed by atoms with Crippen LogP contribution >= 0.6 is 0 Å². The van der Waals surface area contributed by atoms with Crippen LogP contribution in [0.5, 0.6) is 0 Å². The van der Waals surface area contributed by atoms with Crippen molar-refractivity contribution < 1.29 is 0 Å². The molecule has 2 heterocycles. The van der Waals surface area contributed by atoms with E-state index in [1.807, 2.05) is 10.6 Å². The van der Waals surface area contributed by atoms with Gasteiger partial charge in [0.1, 0.15) is 5.69 Å². The first-order valence-corrected chi connectivity index (χ1v) is 8.60. The number of aryl methyl sites for hydroxylation is 2. The van der Waals surface area contributed by atoms with Gasteiger partial charge < -0.3 is 11.1 Å². The third-order valence-electron chi connectivity index (χ3n) is 4.82. The predicted molar refractivity (Wildman–Crippen MR) is 99.2 cm³/mol. The quantitative estimate of drug-likeness (QED) is 0.821. The van der Waals surface area contributed by atoms with Crippen molar-refractivity contribution >= 4 is 17.0 Å². The number of nitrogen functional groups attached to an aromatic ring is 1. The second-order valence-corrected chi connectivity index (χ2v) is 6.68. The van der Waals surface area contributed by atoms with Crippen molar-refractivity contribution in [3.8, 4) is 0 Å². The second kappa shape index (κ2) is 7.21. The van der Waals surface area contributed by atoms with E-state index in [2.05, 4.69) is 62.9 Å². The zero-order chi connectivity index (χ0) is 17.1. The minimum absolute atomic E-state index is 0.537. The summed E-state index contributed by atoms with van der Waals surface area (Å²) in [5, 5.41) is 8.06. The van der Waals surface area contributed by atoms with E-state index in [0.717, 1.165) is 42.2 Å². The van der Waals surface area contributed by atoms with Gasteiger partial charge in [0.25, 0.3) is 0 Å². The zero-order valence-electron chi connectivity index (χ0n) is 15.3. The summed E-state index contributed by atoms with van der Waals surface area (Å²) in [7, 11) is 0. The monoisotopic (exact) mass is 317 g/mol. The van der Waals surface area contributed by atoms with Gasteiger partial charge in [0.15, 0.2) is 5.82 Å². The summed E-state index contributed by atoms with van der Waals surface area (Å²) in [4.78, 5) is 2.51. The van der Waals surface area contributed by atoms with Gasteiger partial charge in [-0.2, -0.15) is 0 Å². The average Bonchev–Trinajstić information content (AvgIpc) is 2.83. The largest absolute Gasteiger partial charge is 0.394 e. The van der Waals surface area contributed by atoms with E-state index in [4.69, 9.17) is 5.73 Å². The molecule has 0 spiro atoms. The Morgan fingerprint density at radius 1 is 1.26 bits per heavy atom. The number of nitrogens with zero attached hydrogens (tertiary/aromatic N) is 3. The maximum absolute atomic E-state index is 6.26. The van der Waals surface area contributed by atoms with Gasteiger partial charge >= 0.3 is 0 Å². The molecule has 2 aromatic heterocycles. The molecular weight excluding hydrogens is 286 g/mol. The molecule has 0 aliphatic carbocycles. The molecule has 0 amide bonds. The van der Waals surface area contributed by atoms with Crippen molar-refractivity contribution in [1.82, 2.24) is 14.5 Å². The fraction of sp³-hybridized carbons (Fsp3) is 0.611. The van der Waals surface area contributed by atoms with Crippen LogP contribution in [0.15, 0.2) is 12.1 Å². The molecule has 23 heavy (non-hydrogen) atoms. The number of pyridine rings is 1. The van der Waals surface area contributed by atoms with Crippen LogP contribution in [-0.4, -0.2) is 39.7 Å². The Balaban J connectivity index is 2.10. The van der Waals surface area contributed by atoms with Crippen molar-refractivity contribution in [3.63, 3.8) is 0 Å². The Morgan fingerprint density at radius 3 is 2.57 bits per heavy atom. The highest BCUT2D eigenvalue weighted by Gasteiger charge is 2.16. The van der Waals surface area contributed by atoms with E-state index in [1.165, 1.54) is 5.56 Å². The zero-order valence-corrected chi connectivity index (χ0v) is 15.3. The van der Waals surface area contributed by atoms with Crippen LogP contribution in [0.1, 0.15) is 45.4 Å². The van der Waals surface area contributed by atoms with E-state index >= 15 is 0 Å². The van der Waals surface area contributed by atoms with Gasteiger partial charge in [-0.25, -0.2) is 4.52 Å². The van der Waals surface area contributed by atoms with Crippen LogP contribution in [0, 0.1) is 13.8 Å². The second-order valence-electron chi connectivity index (χ2n) is 6.68. The molecule has 5 heteroatoms. The Labute approximate surface area is 139 Å². The van der Waals surface area contributed by atoms with Crippen LogP contribution in [0.3, 0.4) is 0 Å². The first kappa shape index (κ1) is 17.6. The van der Waals surface area contributed by atoms with E-state index in [-0.39, 0.29) is 0 Å². The van der Waals surface area contributed by atoms with Gasteiger partial charge in [0, 0.05) is 30.9 Å². The van der Waals surface area contributed by atoms with E-state index in [1.54, 1.807) is 0 Å². The normalized spacial score (nSPS) is 13.2. The van der Waals surface area contributed by atoms with Crippen molar-refractivity contribution in [2.24, 2.45) is 0 Å². The summed E-state index contributed by atoms with van der Waals surface area (Å²) in [6, 6.07) is 5.25. The molecule has 0 fully saturated rings. The summed E-state index contributed by atoms with van der Waals surface area (Å²) < 4.78 is 1.93. The smallest absolute Gasteiger partial charge is 0.172 e. The highest BCUT2D eigenvalue weighted by molar-refractivity contribution is 5.81. The van der Waals surface area contributed by atoms with Gasteiger partial charge in [-0.1, -0.05) is 13.0 Å². The summed E-state index contributed by atoms with van der Waals surface area (Å²) >= 11 is 0. The first-order valence-electron chi connectivity index (χ1n) is 8.60. The molecule has 0 saturated carbocycles. The minimum atomic E-state index is 0.537.